The molecule has 5 heterocycles. The molecule has 0 aromatic rings. The van der Waals surface area contributed by atoms with E-state index in [9.17, 15) is 28.8 Å². The van der Waals surface area contributed by atoms with Gasteiger partial charge in [0.15, 0.2) is 12.6 Å². The summed E-state index contributed by atoms with van der Waals surface area (Å²) in [7, 11) is -0.717. The van der Waals surface area contributed by atoms with Crippen molar-refractivity contribution in [3.8, 4) is 0 Å². The minimum atomic E-state index is -3.67. The Kier molecular flexibility index (Phi) is 12.6. The molecule has 20 atom stereocenters. The largest absolute Gasteiger partial charge is 0.387 e. The van der Waals surface area contributed by atoms with Crippen LogP contribution in [0, 0.1) is 23.7 Å². The number of sulfonamides is 1. The maximum atomic E-state index is 12.6. The summed E-state index contributed by atoms with van der Waals surface area (Å²) in [5.41, 5.74) is -3.54. The molecule has 0 saturated carbocycles. The van der Waals surface area contributed by atoms with Gasteiger partial charge in [-0.15, -0.1) is 0 Å². The first-order chi connectivity index (χ1) is 24.3. The highest BCUT2D eigenvalue weighted by molar-refractivity contribution is 7.88. The van der Waals surface area contributed by atoms with Crippen molar-refractivity contribution in [3.05, 3.63) is 0 Å². The van der Waals surface area contributed by atoms with E-state index in [0.717, 1.165) is 10.6 Å². The van der Waals surface area contributed by atoms with Crippen molar-refractivity contribution in [1.29, 1.82) is 0 Å². The van der Waals surface area contributed by atoms with Crippen LogP contribution in [0.5, 0.6) is 0 Å². The van der Waals surface area contributed by atoms with Crippen LogP contribution in [0.2, 0.25) is 0 Å². The van der Waals surface area contributed by atoms with Gasteiger partial charge in [0.1, 0.15) is 17.8 Å². The first-order valence-corrected chi connectivity index (χ1v) is 21.1. The molecule has 0 aromatic heterocycles. The van der Waals surface area contributed by atoms with E-state index in [4.69, 9.17) is 37.9 Å². The molecule has 5 fully saturated rings. The molecule has 16 heteroatoms. The van der Waals surface area contributed by atoms with Crippen LogP contribution in [0.1, 0.15) is 94.9 Å². The van der Waals surface area contributed by atoms with Crippen molar-refractivity contribution in [1.82, 2.24) is 4.31 Å². The summed E-state index contributed by atoms with van der Waals surface area (Å²) in [5.74, 6) is -4.34. The first kappa shape index (κ1) is 43.6. The van der Waals surface area contributed by atoms with Crippen molar-refractivity contribution < 1.29 is 66.7 Å². The lowest BCUT2D eigenvalue weighted by Crippen LogP contribution is -2.69. The fourth-order valence-electron chi connectivity index (χ4n) is 9.96. The number of hydrogen-bond acceptors (Lipinski definition) is 14. The smallest absolute Gasteiger partial charge is 0.286 e. The number of likely N-dealkylation sites (N-methyl/N-ethyl adjacent to an activating group) is 1. The van der Waals surface area contributed by atoms with Crippen LogP contribution in [0.25, 0.3) is 0 Å². The molecule has 0 aliphatic carbocycles. The quantitative estimate of drug-likeness (QED) is 0.280. The second-order valence-corrected chi connectivity index (χ2v) is 19.5. The summed E-state index contributed by atoms with van der Waals surface area (Å²) in [6, 6.07) is -0.822. The Labute approximate surface area is 315 Å². The van der Waals surface area contributed by atoms with Gasteiger partial charge < -0.3 is 58.3 Å². The molecule has 0 aromatic carbocycles. The first-order valence-electron chi connectivity index (χ1n) is 19.3. The lowest BCUT2D eigenvalue weighted by atomic mass is 9.74. The second-order valence-electron chi connectivity index (χ2n) is 17.5. The Morgan fingerprint density at radius 3 is 2.13 bits per heavy atom. The molecule has 5 aliphatic heterocycles. The lowest BCUT2D eigenvalue weighted by Gasteiger charge is -2.55. The van der Waals surface area contributed by atoms with Gasteiger partial charge in [0.25, 0.3) is 5.97 Å². The molecule has 310 valence electrons. The number of aliphatic hydroxyl groups is 4. The molecule has 4 bridgehead atoms. The van der Waals surface area contributed by atoms with E-state index in [-0.39, 0.29) is 18.8 Å². The summed E-state index contributed by atoms with van der Waals surface area (Å²) in [5, 5.41) is 47.2. The van der Waals surface area contributed by atoms with Gasteiger partial charge in [-0.1, -0.05) is 34.6 Å². The Bertz CT molecular complexity index is 1390. The van der Waals surface area contributed by atoms with Crippen LogP contribution in [0.3, 0.4) is 0 Å². The Hall–Kier alpha value is -0.570. The maximum Gasteiger partial charge on any atom is 0.286 e. The number of rotatable bonds is 8. The zero-order valence-corrected chi connectivity index (χ0v) is 34.6. The summed E-state index contributed by atoms with van der Waals surface area (Å²) < 4.78 is 78.3. The molecule has 0 radical (unpaired) electrons. The Morgan fingerprint density at radius 2 is 1.55 bits per heavy atom. The fraction of sp³-hybridized carbons (Fsp3) is 1.00. The van der Waals surface area contributed by atoms with E-state index < -0.39 is 124 Å². The normalized spacial score (nSPS) is 54.1. The molecular weight excluding hydrogens is 714 g/mol. The van der Waals surface area contributed by atoms with Gasteiger partial charge in [-0.3, -0.25) is 0 Å². The van der Waals surface area contributed by atoms with Crippen LogP contribution < -0.4 is 0 Å². The molecule has 0 spiro atoms. The van der Waals surface area contributed by atoms with E-state index in [2.05, 4.69) is 6.92 Å². The molecule has 5 saturated heterocycles. The standard InChI is InChI=1S/C37H67NO14S/c1-14-25-36(10,41)32-20(4)28-18(2)16-35(9,51-28)31(49-33-27(39)24(15-19(3)46-33)38(11)53(13,43)44)21(5)29(22(6)37(42,50-25)52-32)48-26-17-34(8,45-12)30(40)23(7)47-26/h18-33,39-42H,14-17H2,1-13H3/t18-,19+,20-,21-,22+,23?,24?,25+,26-,27?,28?,29-,30-,31+,32+,33-,34?,35?,36+,37-/m0/s1. The molecule has 6 unspecified atom stereocenters. The molecule has 0 amide bonds. The molecule has 15 nitrogen and oxygen atoms in total. The third kappa shape index (κ3) is 7.99. The third-order valence-corrected chi connectivity index (χ3v) is 14.5. The molecule has 53 heavy (non-hydrogen) atoms. The number of methoxy groups -OCH3 is 1. The zero-order chi connectivity index (χ0) is 39.8. The van der Waals surface area contributed by atoms with Crippen molar-refractivity contribution >= 4 is 10.0 Å². The average Bonchev–Trinajstić information content (AvgIpc) is 3.39. The van der Waals surface area contributed by atoms with Crippen molar-refractivity contribution in [2.24, 2.45) is 23.7 Å². The van der Waals surface area contributed by atoms with Gasteiger partial charge in [-0.05, 0) is 59.8 Å². The number of fused-ring (bicyclic) bond motifs is 4. The van der Waals surface area contributed by atoms with Crippen molar-refractivity contribution in [3.63, 3.8) is 0 Å². The monoisotopic (exact) mass is 781 g/mol. The topological polar surface area (TPSA) is 192 Å². The van der Waals surface area contributed by atoms with Crippen LogP contribution in [0.4, 0.5) is 0 Å². The van der Waals surface area contributed by atoms with E-state index in [1.54, 1.807) is 34.6 Å². The van der Waals surface area contributed by atoms with E-state index in [0.29, 0.717) is 12.8 Å². The van der Waals surface area contributed by atoms with Gasteiger partial charge in [0.05, 0.1) is 72.1 Å². The van der Waals surface area contributed by atoms with Crippen LogP contribution in [-0.2, 0) is 47.9 Å². The van der Waals surface area contributed by atoms with Crippen LogP contribution in [-0.4, -0.2) is 150 Å². The predicted octanol–water partition coefficient (Wildman–Crippen LogP) is 2.11. The lowest BCUT2D eigenvalue weighted by molar-refractivity contribution is -0.481. The summed E-state index contributed by atoms with van der Waals surface area (Å²) in [4.78, 5) is 0. The van der Waals surface area contributed by atoms with E-state index in [1.165, 1.54) is 14.2 Å². The summed E-state index contributed by atoms with van der Waals surface area (Å²) >= 11 is 0. The third-order valence-electron chi connectivity index (χ3n) is 13.2. The van der Waals surface area contributed by atoms with E-state index in [1.807, 2.05) is 27.7 Å². The highest BCUT2D eigenvalue weighted by atomic mass is 32.2. The summed E-state index contributed by atoms with van der Waals surface area (Å²) in [6.45, 7) is 18.4. The fourth-order valence-corrected chi connectivity index (χ4v) is 10.7. The number of hydrogen-bond donors (Lipinski definition) is 4. The highest BCUT2D eigenvalue weighted by Gasteiger charge is 2.64. The van der Waals surface area contributed by atoms with Gasteiger partial charge in [0.2, 0.25) is 10.0 Å². The minimum Gasteiger partial charge on any atom is -0.387 e. The van der Waals surface area contributed by atoms with E-state index >= 15 is 0 Å². The van der Waals surface area contributed by atoms with Gasteiger partial charge in [-0.25, -0.2) is 8.42 Å². The van der Waals surface area contributed by atoms with Crippen LogP contribution >= 0.6 is 0 Å². The SMILES string of the molecule is CC[C@H]1O[C@]2(O)O[C@H]([C@@H](C)C3OC(C)(C[C@@H]3C)[C@H](O[C@@H]3O[C@H](C)CC(N(C)S(C)(=O)=O)C3O)[C@@H](C)[C@H](O[C@H]3CC(C)(OC)[C@@H](O)C(C)O3)[C@H]2C)[C@]1(C)O. The molecule has 4 N–H and O–H groups in total. The molecule has 5 rings (SSSR count). The van der Waals surface area contributed by atoms with Crippen molar-refractivity contribution in [2.45, 2.75) is 191 Å². The molecule has 5 aliphatic rings. The van der Waals surface area contributed by atoms with Crippen molar-refractivity contribution in [2.75, 3.05) is 20.4 Å². The number of nitrogens with zero attached hydrogens (tertiary/aromatic N) is 1. The Balaban J connectivity index is 1.63. The minimum absolute atomic E-state index is 0.0633. The average molecular weight is 782 g/mol. The predicted molar refractivity (Wildman–Crippen MR) is 192 cm³/mol. The number of aliphatic hydroxyl groups excluding tert-OH is 2. The second kappa shape index (κ2) is 15.3. The highest BCUT2D eigenvalue weighted by Crippen LogP contribution is 2.52. The van der Waals surface area contributed by atoms with Gasteiger partial charge in [-0.2, -0.15) is 4.31 Å². The van der Waals surface area contributed by atoms with Gasteiger partial charge >= 0.3 is 0 Å². The number of ether oxygens (including phenoxy) is 8. The van der Waals surface area contributed by atoms with Crippen LogP contribution in [0.15, 0.2) is 0 Å². The molecular formula is C37H67NO14S. The zero-order valence-electron chi connectivity index (χ0n) is 33.8. The maximum absolute atomic E-state index is 12.6. The summed E-state index contributed by atoms with van der Waals surface area (Å²) in [6.07, 6.45) is -7.22. The van der Waals surface area contributed by atoms with Gasteiger partial charge in [0, 0.05) is 32.4 Å². The Morgan fingerprint density at radius 1 is 0.906 bits per heavy atom.